The highest BCUT2D eigenvalue weighted by Crippen LogP contribution is 2.29. The molecule has 1 aliphatic rings. The lowest BCUT2D eigenvalue weighted by atomic mass is 10.2. The van der Waals surface area contributed by atoms with Crippen molar-refractivity contribution in [1.29, 1.82) is 0 Å². The number of rotatable bonds is 6. The first kappa shape index (κ1) is 10.9. The Labute approximate surface area is 96.7 Å². The van der Waals surface area contributed by atoms with E-state index < -0.39 is 0 Å². The van der Waals surface area contributed by atoms with Crippen LogP contribution in [0.15, 0.2) is 24.3 Å². The van der Waals surface area contributed by atoms with Crippen molar-refractivity contribution in [3.8, 4) is 0 Å². The Kier molecular flexibility index (Phi) is 3.95. The van der Waals surface area contributed by atoms with Crippen LogP contribution < -0.4 is 5.32 Å². The van der Waals surface area contributed by atoms with E-state index in [2.05, 4.69) is 36.5 Å². The number of thioether (sulfide) groups is 1. The van der Waals surface area contributed by atoms with Crippen molar-refractivity contribution in [3.05, 3.63) is 29.8 Å². The van der Waals surface area contributed by atoms with Crippen LogP contribution in [0.2, 0.25) is 0 Å². The van der Waals surface area contributed by atoms with E-state index in [1.165, 1.54) is 29.8 Å². The molecule has 1 nitrogen and oxygen atoms in total. The van der Waals surface area contributed by atoms with Crippen molar-refractivity contribution in [2.75, 3.05) is 17.6 Å². The van der Waals surface area contributed by atoms with E-state index in [4.69, 9.17) is 0 Å². The zero-order valence-corrected chi connectivity index (χ0v) is 10.1. The average molecular weight is 221 g/mol. The molecule has 0 saturated heterocycles. The van der Waals surface area contributed by atoms with E-state index in [9.17, 15) is 0 Å². The number of anilines is 1. The third-order valence-electron chi connectivity index (χ3n) is 2.72. The molecule has 82 valence electrons. The maximum atomic E-state index is 3.48. The van der Waals surface area contributed by atoms with E-state index >= 15 is 0 Å². The zero-order chi connectivity index (χ0) is 10.5. The molecule has 0 spiro atoms. The van der Waals surface area contributed by atoms with Gasteiger partial charge in [0.2, 0.25) is 0 Å². The van der Waals surface area contributed by atoms with Gasteiger partial charge < -0.3 is 5.32 Å². The highest BCUT2D eigenvalue weighted by atomic mass is 32.2. The largest absolute Gasteiger partial charge is 0.385 e. The summed E-state index contributed by atoms with van der Waals surface area (Å²) < 4.78 is 0. The third-order valence-corrected chi connectivity index (χ3v) is 3.66. The van der Waals surface area contributed by atoms with Crippen LogP contribution in [0.25, 0.3) is 0 Å². The Morgan fingerprint density at radius 1 is 1.27 bits per heavy atom. The van der Waals surface area contributed by atoms with Gasteiger partial charge in [0.15, 0.2) is 0 Å². The molecule has 1 aromatic rings. The van der Waals surface area contributed by atoms with Gasteiger partial charge in [-0.25, -0.2) is 0 Å². The van der Waals surface area contributed by atoms with Gasteiger partial charge in [0, 0.05) is 18.0 Å². The maximum Gasteiger partial charge on any atom is 0.0340 e. The lowest BCUT2D eigenvalue weighted by molar-refractivity contribution is 0.889. The van der Waals surface area contributed by atoms with E-state index in [0.29, 0.717) is 0 Å². The molecule has 0 aromatic heterocycles. The fraction of sp³-hybridized carbons (Fsp3) is 0.538. The second-order valence-corrected chi connectivity index (χ2v) is 5.43. The zero-order valence-electron chi connectivity index (χ0n) is 9.33. The van der Waals surface area contributed by atoms with Crippen molar-refractivity contribution in [1.82, 2.24) is 0 Å². The summed E-state index contributed by atoms with van der Waals surface area (Å²) in [5.74, 6) is 3.28. The van der Waals surface area contributed by atoms with Gasteiger partial charge >= 0.3 is 0 Å². The second-order valence-electron chi connectivity index (χ2n) is 4.16. The quantitative estimate of drug-likeness (QED) is 0.785. The van der Waals surface area contributed by atoms with Crippen LogP contribution in [-0.4, -0.2) is 12.3 Å². The third kappa shape index (κ3) is 3.78. The van der Waals surface area contributed by atoms with Crippen molar-refractivity contribution in [2.24, 2.45) is 5.92 Å². The average Bonchev–Trinajstić information content (AvgIpc) is 3.09. The molecule has 1 fully saturated rings. The van der Waals surface area contributed by atoms with Crippen LogP contribution in [0.4, 0.5) is 5.69 Å². The van der Waals surface area contributed by atoms with Crippen molar-refractivity contribution in [2.45, 2.75) is 25.5 Å². The summed E-state index contributed by atoms with van der Waals surface area (Å²) in [4.78, 5) is 0. The fourth-order valence-corrected chi connectivity index (χ4v) is 2.16. The highest BCUT2D eigenvalue weighted by molar-refractivity contribution is 7.98. The summed E-state index contributed by atoms with van der Waals surface area (Å²) in [5, 5.41) is 3.48. The minimum atomic E-state index is 0.945. The van der Waals surface area contributed by atoms with Gasteiger partial charge in [0.1, 0.15) is 0 Å². The lowest BCUT2D eigenvalue weighted by Gasteiger charge is -2.06. The first-order valence-corrected chi connectivity index (χ1v) is 6.94. The van der Waals surface area contributed by atoms with Crippen molar-refractivity contribution < 1.29 is 0 Å². The van der Waals surface area contributed by atoms with Gasteiger partial charge in [-0.2, -0.15) is 11.8 Å². The minimum Gasteiger partial charge on any atom is -0.385 e. The molecule has 0 amide bonds. The molecule has 2 heteroatoms. The van der Waals surface area contributed by atoms with E-state index in [0.717, 1.165) is 18.2 Å². The molecule has 0 radical (unpaired) electrons. The predicted molar refractivity (Wildman–Crippen MR) is 69.5 cm³/mol. The fourth-order valence-electron chi connectivity index (χ4n) is 1.52. The second kappa shape index (κ2) is 5.45. The van der Waals surface area contributed by atoms with Crippen LogP contribution >= 0.6 is 11.8 Å². The van der Waals surface area contributed by atoms with Gasteiger partial charge in [-0.15, -0.1) is 0 Å². The summed E-state index contributed by atoms with van der Waals surface area (Å²) in [7, 11) is 0. The molecule has 0 aliphatic heterocycles. The number of nitrogens with one attached hydrogen (secondary N) is 1. The van der Waals surface area contributed by atoms with Crippen molar-refractivity contribution >= 4 is 17.4 Å². The standard InChI is InChI=1S/C13H19NS/c1-2-15-10-12-5-7-13(8-6-12)14-9-11-3-4-11/h5-8,11,14H,2-4,9-10H2,1H3. The first-order chi connectivity index (χ1) is 7.38. The molecule has 1 aliphatic carbocycles. The highest BCUT2D eigenvalue weighted by Gasteiger charge is 2.20. The molecule has 0 atom stereocenters. The summed E-state index contributed by atoms with van der Waals surface area (Å²) in [5.41, 5.74) is 2.70. The molecule has 0 unspecified atom stereocenters. The molecule has 0 bridgehead atoms. The van der Waals surface area contributed by atoms with Crippen LogP contribution in [0.1, 0.15) is 25.3 Å². The Morgan fingerprint density at radius 2 is 2.00 bits per heavy atom. The number of hydrogen-bond acceptors (Lipinski definition) is 2. The number of hydrogen-bond donors (Lipinski definition) is 1. The summed E-state index contributed by atoms with van der Waals surface area (Å²) >= 11 is 1.97. The van der Waals surface area contributed by atoms with Crippen LogP contribution in [0, 0.1) is 5.92 Å². The molecule has 2 rings (SSSR count). The smallest absolute Gasteiger partial charge is 0.0340 e. The van der Waals surface area contributed by atoms with Crippen LogP contribution in [-0.2, 0) is 5.75 Å². The van der Waals surface area contributed by atoms with Gasteiger partial charge in [-0.1, -0.05) is 19.1 Å². The Morgan fingerprint density at radius 3 is 2.60 bits per heavy atom. The predicted octanol–water partition coefficient (Wildman–Crippen LogP) is 3.76. The van der Waals surface area contributed by atoms with Crippen molar-refractivity contribution in [3.63, 3.8) is 0 Å². The summed E-state index contributed by atoms with van der Waals surface area (Å²) in [6.45, 7) is 3.36. The van der Waals surface area contributed by atoms with Crippen LogP contribution in [0.5, 0.6) is 0 Å². The molecular formula is C13H19NS. The monoisotopic (exact) mass is 221 g/mol. The minimum absolute atomic E-state index is 0.945. The molecule has 15 heavy (non-hydrogen) atoms. The molecular weight excluding hydrogens is 202 g/mol. The topological polar surface area (TPSA) is 12.0 Å². The van der Waals surface area contributed by atoms with Gasteiger partial charge in [-0.3, -0.25) is 0 Å². The molecule has 1 N–H and O–H groups in total. The molecule has 0 heterocycles. The van der Waals surface area contributed by atoms with Gasteiger partial charge in [0.25, 0.3) is 0 Å². The molecule has 1 saturated carbocycles. The lowest BCUT2D eigenvalue weighted by Crippen LogP contribution is -2.02. The maximum absolute atomic E-state index is 3.48. The Balaban J connectivity index is 1.79. The Hall–Kier alpha value is -0.630. The summed E-state index contributed by atoms with van der Waals surface area (Å²) in [6, 6.07) is 8.87. The first-order valence-electron chi connectivity index (χ1n) is 5.79. The van der Waals surface area contributed by atoms with E-state index in [1.807, 2.05) is 11.8 Å². The Bertz CT molecular complexity index is 290. The summed E-state index contributed by atoms with van der Waals surface area (Å²) in [6.07, 6.45) is 2.83. The number of benzene rings is 1. The van der Waals surface area contributed by atoms with Gasteiger partial charge in [0.05, 0.1) is 0 Å². The molecule has 1 aromatic carbocycles. The normalized spacial score (nSPS) is 15.3. The van der Waals surface area contributed by atoms with E-state index in [1.54, 1.807) is 0 Å². The van der Waals surface area contributed by atoms with Crippen LogP contribution in [0.3, 0.4) is 0 Å². The van der Waals surface area contributed by atoms with E-state index in [-0.39, 0.29) is 0 Å². The van der Waals surface area contributed by atoms with Gasteiger partial charge in [-0.05, 0) is 42.2 Å². The SMILES string of the molecule is CCSCc1ccc(NCC2CC2)cc1.